The van der Waals surface area contributed by atoms with Crippen molar-refractivity contribution in [3.8, 4) is 5.75 Å². The second-order valence-corrected chi connectivity index (χ2v) is 9.89. The summed E-state index contributed by atoms with van der Waals surface area (Å²) in [5.74, 6) is 1.36. The second-order valence-electron chi connectivity index (χ2n) is 9.89. The molecular weight excluding hydrogens is 440 g/mol. The average molecular weight is 477 g/mol. The summed E-state index contributed by atoms with van der Waals surface area (Å²) in [4.78, 5) is 12.8. The van der Waals surface area contributed by atoms with Crippen LogP contribution in [0.15, 0.2) is 48.0 Å². The molecule has 0 unspecified atom stereocenters. The maximum absolute atomic E-state index is 12.8. The summed E-state index contributed by atoms with van der Waals surface area (Å²) in [6.07, 6.45) is 5.60. The van der Waals surface area contributed by atoms with Gasteiger partial charge in [-0.3, -0.25) is 4.79 Å². The van der Waals surface area contributed by atoms with Crippen molar-refractivity contribution in [2.75, 3.05) is 44.8 Å². The molecule has 1 amide bonds. The molecule has 0 aromatic heterocycles. The lowest BCUT2D eigenvalue weighted by Crippen LogP contribution is -2.29. The number of fused-ring (bicyclic) bond motifs is 1. The van der Waals surface area contributed by atoms with Gasteiger partial charge in [0.2, 0.25) is 0 Å². The molecule has 6 nitrogen and oxygen atoms in total. The highest BCUT2D eigenvalue weighted by molar-refractivity contribution is 6.04. The minimum atomic E-state index is -0.117. The summed E-state index contributed by atoms with van der Waals surface area (Å²) >= 11 is 0. The predicted molar refractivity (Wildman–Crippen MR) is 138 cm³/mol. The summed E-state index contributed by atoms with van der Waals surface area (Å²) in [5, 5.41) is 6.72. The van der Waals surface area contributed by atoms with E-state index < -0.39 is 0 Å². The number of amides is 1. The lowest BCUT2D eigenvalue weighted by molar-refractivity contribution is 0.0665. The van der Waals surface area contributed by atoms with Crippen LogP contribution in [-0.2, 0) is 15.9 Å². The van der Waals surface area contributed by atoms with Crippen molar-refractivity contribution in [1.82, 2.24) is 5.32 Å². The largest absolute Gasteiger partial charge is 0.491 e. The van der Waals surface area contributed by atoms with Gasteiger partial charge in [0.05, 0.1) is 6.10 Å². The number of hydrogen-bond acceptors (Lipinski definition) is 5. The number of hydrogen-bond donors (Lipinski definition) is 2. The topological polar surface area (TPSA) is 68.8 Å². The van der Waals surface area contributed by atoms with Gasteiger partial charge in [0.15, 0.2) is 0 Å². The Balaban J connectivity index is 1.14. The fourth-order valence-corrected chi connectivity index (χ4v) is 5.15. The third-order valence-electron chi connectivity index (χ3n) is 7.39. The minimum absolute atomic E-state index is 0.117. The summed E-state index contributed by atoms with van der Waals surface area (Å²) in [6.45, 7) is 7.32. The summed E-state index contributed by atoms with van der Waals surface area (Å²) in [6, 6.07) is 13.6. The zero-order chi connectivity index (χ0) is 24.0. The van der Waals surface area contributed by atoms with Crippen molar-refractivity contribution in [2.45, 2.75) is 45.1 Å². The molecule has 2 aliphatic heterocycles. The first-order valence-electron chi connectivity index (χ1n) is 12.9. The van der Waals surface area contributed by atoms with Gasteiger partial charge in [0.1, 0.15) is 12.4 Å². The molecule has 6 heteroatoms. The van der Waals surface area contributed by atoms with Crippen molar-refractivity contribution in [1.29, 1.82) is 0 Å². The maximum Gasteiger partial charge on any atom is 0.255 e. The smallest absolute Gasteiger partial charge is 0.255 e. The molecule has 2 N–H and O–H groups in total. The summed E-state index contributed by atoms with van der Waals surface area (Å²) < 4.78 is 16.9. The molecular formula is C29H36N2O4. The molecule has 5 rings (SSSR count). The number of benzene rings is 2. The van der Waals surface area contributed by atoms with Gasteiger partial charge in [0, 0.05) is 37.6 Å². The highest BCUT2D eigenvalue weighted by Crippen LogP contribution is 2.34. The van der Waals surface area contributed by atoms with E-state index in [1.165, 1.54) is 22.3 Å². The van der Waals surface area contributed by atoms with Gasteiger partial charge in [-0.2, -0.15) is 0 Å². The van der Waals surface area contributed by atoms with E-state index in [9.17, 15) is 4.79 Å². The molecule has 3 aliphatic rings. The Bertz CT molecular complexity index is 1050. The van der Waals surface area contributed by atoms with Gasteiger partial charge in [-0.05, 0) is 110 Å². The first-order valence-corrected chi connectivity index (χ1v) is 12.9. The average Bonchev–Trinajstić information content (AvgIpc) is 3.52. The second kappa shape index (κ2) is 11.4. The highest BCUT2D eigenvalue weighted by atomic mass is 16.5. The van der Waals surface area contributed by atoms with Crippen LogP contribution in [0.2, 0.25) is 0 Å². The molecule has 2 heterocycles. The van der Waals surface area contributed by atoms with Crippen molar-refractivity contribution in [3.05, 3.63) is 64.7 Å². The fraction of sp³-hybridized carbons (Fsp3) is 0.483. The Kier molecular flexibility index (Phi) is 7.82. The number of carbonyl (C=O) groups excluding carboxylic acids is 1. The van der Waals surface area contributed by atoms with Crippen molar-refractivity contribution >= 4 is 17.2 Å². The Morgan fingerprint density at radius 1 is 1.06 bits per heavy atom. The van der Waals surface area contributed by atoms with E-state index in [0.717, 1.165) is 82.4 Å². The van der Waals surface area contributed by atoms with Crippen LogP contribution in [0, 0.1) is 5.92 Å². The van der Waals surface area contributed by atoms with Crippen molar-refractivity contribution < 1.29 is 19.0 Å². The lowest BCUT2D eigenvalue weighted by atomic mass is 10.0. The van der Waals surface area contributed by atoms with Crippen LogP contribution in [0.25, 0.3) is 5.57 Å². The SMILES string of the molecule is CC1=C(CNCC2CCOCC2)Cc2ccc(NC(=O)c3ccc(OC[C@@H]4CCCO4)cc3)cc21. The standard InChI is InChI=1S/C29H36N2O4/c1-20-24(18-30-17-21-10-13-33-14-11-21)15-23-4-7-25(16-28(20)23)31-29(32)22-5-8-26(9-6-22)35-19-27-3-2-12-34-27/h4-9,16,21,27,30H,2-3,10-15,17-19H2,1H3,(H,31,32)/t27-/m0/s1. The Labute approximate surface area is 208 Å². The molecule has 2 saturated heterocycles. The predicted octanol–water partition coefficient (Wildman–Crippen LogP) is 4.84. The Hall–Kier alpha value is -2.67. The number of carbonyl (C=O) groups is 1. The van der Waals surface area contributed by atoms with Gasteiger partial charge < -0.3 is 24.8 Å². The zero-order valence-corrected chi connectivity index (χ0v) is 20.6. The Morgan fingerprint density at radius 2 is 1.89 bits per heavy atom. The van der Waals surface area contributed by atoms with E-state index in [2.05, 4.69) is 29.7 Å². The molecule has 2 fully saturated rings. The van der Waals surface area contributed by atoms with Gasteiger partial charge in [0.25, 0.3) is 5.91 Å². The normalized spacial score (nSPS) is 20.2. The molecule has 0 saturated carbocycles. The van der Waals surface area contributed by atoms with Crippen LogP contribution in [0.4, 0.5) is 5.69 Å². The number of rotatable bonds is 9. The van der Waals surface area contributed by atoms with Gasteiger partial charge in [-0.25, -0.2) is 0 Å². The van der Waals surface area contributed by atoms with Crippen molar-refractivity contribution in [2.24, 2.45) is 5.92 Å². The highest BCUT2D eigenvalue weighted by Gasteiger charge is 2.20. The van der Waals surface area contributed by atoms with E-state index in [1.807, 2.05) is 18.2 Å². The summed E-state index contributed by atoms with van der Waals surface area (Å²) in [7, 11) is 0. The molecule has 1 aliphatic carbocycles. The molecule has 186 valence electrons. The quantitative estimate of drug-likeness (QED) is 0.542. The van der Waals surface area contributed by atoms with Gasteiger partial charge in [-0.1, -0.05) is 6.07 Å². The van der Waals surface area contributed by atoms with E-state index >= 15 is 0 Å². The monoisotopic (exact) mass is 476 g/mol. The number of ether oxygens (including phenoxy) is 3. The first-order chi connectivity index (χ1) is 17.2. The van der Waals surface area contributed by atoms with Gasteiger partial charge in [-0.15, -0.1) is 0 Å². The van der Waals surface area contributed by atoms with Crippen molar-refractivity contribution in [3.63, 3.8) is 0 Å². The van der Waals surface area contributed by atoms with Crippen LogP contribution < -0.4 is 15.4 Å². The molecule has 0 bridgehead atoms. The van der Waals surface area contributed by atoms with Crippen LogP contribution in [0.5, 0.6) is 5.75 Å². The Morgan fingerprint density at radius 3 is 2.66 bits per heavy atom. The third-order valence-corrected chi connectivity index (χ3v) is 7.39. The van der Waals surface area contributed by atoms with E-state index in [1.54, 1.807) is 12.1 Å². The number of allylic oxidation sites excluding steroid dienone is 1. The lowest BCUT2D eigenvalue weighted by Gasteiger charge is -2.22. The van der Waals surface area contributed by atoms with E-state index in [4.69, 9.17) is 14.2 Å². The maximum atomic E-state index is 12.8. The number of anilines is 1. The first kappa shape index (κ1) is 24.0. The van der Waals surface area contributed by atoms with Crippen LogP contribution in [0.1, 0.15) is 54.1 Å². The van der Waals surface area contributed by atoms with Crippen LogP contribution in [-0.4, -0.2) is 51.5 Å². The molecule has 0 spiro atoms. The molecule has 2 aromatic rings. The number of nitrogens with one attached hydrogen (secondary N) is 2. The molecule has 2 aromatic carbocycles. The van der Waals surface area contributed by atoms with Gasteiger partial charge >= 0.3 is 0 Å². The van der Waals surface area contributed by atoms with E-state index in [-0.39, 0.29) is 12.0 Å². The summed E-state index contributed by atoms with van der Waals surface area (Å²) in [5.41, 5.74) is 6.76. The molecule has 0 radical (unpaired) electrons. The van der Waals surface area contributed by atoms with Crippen LogP contribution in [0.3, 0.4) is 0 Å². The molecule has 35 heavy (non-hydrogen) atoms. The third kappa shape index (κ3) is 6.13. The zero-order valence-electron chi connectivity index (χ0n) is 20.6. The molecule has 1 atom stereocenters. The van der Waals surface area contributed by atoms with E-state index in [0.29, 0.717) is 12.2 Å². The fourth-order valence-electron chi connectivity index (χ4n) is 5.15. The minimum Gasteiger partial charge on any atom is -0.491 e. The van der Waals surface area contributed by atoms with Crippen LogP contribution >= 0.6 is 0 Å².